The van der Waals surface area contributed by atoms with Gasteiger partial charge in [-0.3, -0.25) is 29.0 Å². The van der Waals surface area contributed by atoms with Gasteiger partial charge in [0.25, 0.3) is 0 Å². The molecule has 6 heteroatoms. The summed E-state index contributed by atoms with van der Waals surface area (Å²) < 4.78 is 0. The number of carbonyl (C=O) groups excluding carboxylic acids is 4. The van der Waals surface area contributed by atoms with Crippen molar-refractivity contribution in [1.82, 2.24) is 9.80 Å². The number of imide groups is 2. The summed E-state index contributed by atoms with van der Waals surface area (Å²) in [7, 11) is 0. The highest BCUT2D eigenvalue weighted by atomic mass is 16.2. The maximum Gasteiger partial charge on any atom is 0.234 e. The Morgan fingerprint density at radius 3 is 0.932 bits per heavy atom. The van der Waals surface area contributed by atoms with Gasteiger partial charge in [0.15, 0.2) is 0 Å². The molecule has 2 unspecified atom stereocenters. The Labute approximate surface area is 255 Å². The van der Waals surface area contributed by atoms with Crippen LogP contribution in [0.5, 0.6) is 0 Å². The van der Waals surface area contributed by atoms with Crippen LogP contribution in [0.3, 0.4) is 0 Å². The summed E-state index contributed by atoms with van der Waals surface area (Å²) in [6.07, 6.45) is 0. The molecule has 0 radical (unpaired) electrons. The van der Waals surface area contributed by atoms with E-state index in [0.29, 0.717) is 0 Å². The van der Waals surface area contributed by atoms with Gasteiger partial charge >= 0.3 is 0 Å². The van der Waals surface area contributed by atoms with E-state index in [1.807, 2.05) is 121 Å². The number of hydrogen-bond acceptors (Lipinski definition) is 4. The van der Waals surface area contributed by atoms with Gasteiger partial charge < -0.3 is 0 Å². The Morgan fingerprint density at radius 2 is 0.636 bits per heavy atom. The van der Waals surface area contributed by atoms with Gasteiger partial charge in [0.2, 0.25) is 23.6 Å². The van der Waals surface area contributed by atoms with Crippen LogP contribution in [0.25, 0.3) is 11.1 Å². The number of benzene rings is 4. The normalized spacial score (nSPS) is 27.3. The molecule has 216 valence electrons. The van der Waals surface area contributed by atoms with Crippen LogP contribution in [0.4, 0.5) is 0 Å². The minimum atomic E-state index is -0.714. The van der Waals surface area contributed by atoms with E-state index in [2.05, 4.69) is 0 Å². The van der Waals surface area contributed by atoms with Crippen molar-refractivity contribution < 1.29 is 19.2 Å². The SMILES string of the molecule is O=C1[C@@H]2C3C(c4ccccc4)=C(c4ccccc4)C([C@H]4C(=O)N(Cc5ccccc5)C(=O)[C@@H]34)[C@@H]2C(=O)N1Cc1ccccc1. The van der Waals surface area contributed by atoms with Gasteiger partial charge in [-0.2, -0.15) is 0 Å². The molecule has 0 spiro atoms. The Balaban J connectivity index is 1.32. The van der Waals surface area contributed by atoms with E-state index >= 15 is 0 Å². The van der Waals surface area contributed by atoms with E-state index in [4.69, 9.17) is 0 Å². The monoisotopic (exact) mass is 578 g/mol. The van der Waals surface area contributed by atoms with Crippen LogP contribution >= 0.6 is 0 Å². The summed E-state index contributed by atoms with van der Waals surface area (Å²) in [6.45, 7) is 0.341. The van der Waals surface area contributed by atoms with Crippen LogP contribution in [0.15, 0.2) is 121 Å². The fourth-order valence-corrected chi connectivity index (χ4v) is 8.36. The maximum atomic E-state index is 14.4. The van der Waals surface area contributed by atoms with Crippen LogP contribution in [0.1, 0.15) is 22.3 Å². The first-order valence-electron chi connectivity index (χ1n) is 15.2. The molecule has 0 aromatic heterocycles. The third-order valence-electron chi connectivity index (χ3n) is 10.0. The summed E-state index contributed by atoms with van der Waals surface area (Å²) >= 11 is 0. The van der Waals surface area contributed by atoms with Crippen LogP contribution < -0.4 is 0 Å². The summed E-state index contributed by atoms with van der Waals surface area (Å²) in [6, 6.07) is 38.7. The third kappa shape index (κ3) is 3.87. The van der Waals surface area contributed by atoms with Gasteiger partial charge in [0.1, 0.15) is 0 Å². The summed E-state index contributed by atoms with van der Waals surface area (Å²) in [5, 5.41) is 0. The quantitative estimate of drug-likeness (QED) is 0.285. The van der Waals surface area contributed by atoms with Gasteiger partial charge in [0.05, 0.1) is 36.8 Å². The number of hydrogen-bond donors (Lipinski definition) is 0. The Kier molecular flexibility index (Phi) is 6.19. The zero-order valence-electron chi connectivity index (χ0n) is 24.0. The summed E-state index contributed by atoms with van der Waals surface area (Å²) in [4.78, 5) is 60.3. The molecule has 5 aliphatic rings. The number of amides is 4. The lowest BCUT2D eigenvalue weighted by atomic mass is 9.48. The molecule has 6 atom stereocenters. The number of nitrogens with zero attached hydrogens (tertiary/aromatic N) is 2. The zero-order chi connectivity index (χ0) is 29.9. The predicted octanol–water partition coefficient (Wildman–Crippen LogP) is 5.46. The van der Waals surface area contributed by atoms with Gasteiger partial charge in [-0.15, -0.1) is 0 Å². The van der Waals surface area contributed by atoms with Gasteiger partial charge in [0, 0.05) is 11.8 Å². The van der Waals surface area contributed by atoms with Crippen LogP contribution in [0.2, 0.25) is 0 Å². The Hall–Kier alpha value is -5.10. The van der Waals surface area contributed by atoms with Crippen molar-refractivity contribution in [2.45, 2.75) is 13.1 Å². The molecular weight excluding hydrogens is 548 g/mol. The first-order valence-corrected chi connectivity index (χ1v) is 15.2. The Bertz CT molecular complexity index is 1640. The zero-order valence-corrected chi connectivity index (χ0v) is 24.0. The molecule has 3 fully saturated rings. The molecule has 4 aromatic carbocycles. The van der Waals surface area contributed by atoms with Gasteiger partial charge in [-0.25, -0.2) is 0 Å². The van der Waals surface area contributed by atoms with E-state index in [9.17, 15) is 19.2 Å². The van der Waals surface area contributed by atoms with Crippen LogP contribution in [-0.4, -0.2) is 33.4 Å². The fourth-order valence-electron chi connectivity index (χ4n) is 8.36. The van der Waals surface area contributed by atoms with E-state index in [1.54, 1.807) is 0 Å². The topological polar surface area (TPSA) is 74.8 Å². The maximum absolute atomic E-state index is 14.4. The summed E-state index contributed by atoms with van der Waals surface area (Å²) in [5.41, 5.74) is 5.38. The molecule has 2 bridgehead atoms. The molecule has 4 aromatic rings. The molecule has 44 heavy (non-hydrogen) atoms. The van der Waals surface area contributed by atoms with Crippen molar-refractivity contribution in [2.75, 3.05) is 0 Å². The first kappa shape index (κ1) is 26.5. The second-order valence-corrected chi connectivity index (χ2v) is 12.2. The average molecular weight is 579 g/mol. The number of rotatable bonds is 6. The molecule has 2 aliphatic heterocycles. The lowest BCUT2D eigenvalue weighted by Crippen LogP contribution is -2.53. The van der Waals surface area contributed by atoms with E-state index in [0.717, 1.165) is 33.4 Å². The Morgan fingerprint density at radius 1 is 0.364 bits per heavy atom. The highest BCUT2D eigenvalue weighted by Crippen LogP contribution is 2.66. The lowest BCUT2D eigenvalue weighted by Gasteiger charge is -2.51. The average Bonchev–Trinajstić information content (AvgIpc) is 3.48. The molecule has 2 saturated heterocycles. The summed E-state index contributed by atoms with van der Waals surface area (Å²) in [5.74, 6) is -5.08. The fraction of sp³-hybridized carbons (Fsp3) is 0.211. The molecule has 1 saturated carbocycles. The highest BCUT2D eigenvalue weighted by Gasteiger charge is 2.72. The molecule has 3 aliphatic carbocycles. The number of allylic oxidation sites excluding steroid dienone is 2. The largest absolute Gasteiger partial charge is 0.278 e. The number of likely N-dealkylation sites (tertiary alicyclic amines) is 2. The standard InChI is InChI=1S/C38H30N2O4/c41-35-31-29-27(25-17-9-3-10-18-25)28(26-19-11-4-12-20-26)30(32(31)36(42)39(35)21-23-13-5-1-6-14-23)34-33(29)37(43)40(38(34)44)22-24-15-7-2-8-16-24/h1-20,29-34H,21-22H2/t29?,30?,31-,32+,33+,34-. The molecular formula is C38H30N2O4. The minimum absolute atomic E-state index is 0.170. The van der Waals surface area contributed by atoms with Crippen LogP contribution in [0, 0.1) is 35.5 Å². The van der Waals surface area contributed by atoms with Crippen molar-refractivity contribution in [1.29, 1.82) is 0 Å². The van der Waals surface area contributed by atoms with E-state index in [-0.39, 0.29) is 36.7 Å². The molecule has 2 heterocycles. The number of carbonyl (C=O) groups is 4. The minimum Gasteiger partial charge on any atom is -0.278 e. The second kappa shape index (κ2) is 10.3. The van der Waals surface area contributed by atoms with Crippen molar-refractivity contribution in [3.63, 3.8) is 0 Å². The van der Waals surface area contributed by atoms with Crippen molar-refractivity contribution >= 4 is 34.8 Å². The lowest BCUT2D eigenvalue weighted by molar-refractivity contribution is -0.140. The smallest absolute Gasteiger partial charge is 0.234 e. The predicted molar refractivity (Wildman–Crippen MR) is 165 cm³/mol. The molecule has 4 amide bonds. The van der Waals surface area contributed by atoms with E-state index < -0.39 is 35.5 Å². The van der Waals surface area contributed by atoms with Gasteiger partial charge in [-0.1, -0.05) is 121 Å². The molecule has 0 N–H and O–H groups in total. The van der Waals surface area contributed by atoms with Crippen molar-refractivity contribution in [3.8, 4) is 0 Å². The first-order chi connectivity index (χ1) is 21.5. The van der Waals surface area contributed by atoms with Crippen molar-refractivity contribution in [2.24, 2.45) is 35.5 Å². The van der Waals surface area contributed by atoms with Gasteiger partial charge in [-0.05, 0) is 33.4 Å². The van der Waals surface area contributed by atoms with Crippen molar-refractivity contribution in [3.05, 3.63) is 144 Å². The highest BCUT2D eigenvalue weighted by molar-refractivity contribution is 6.16. The molecule has 6 nitrogen and oxygen atoms in total. The van der Waals surface area contributed by atoms with Crippen LogP contribution in [-0.2, 0) is 32.3 Å². The second-order valence-electron chi connectivity index (χ2n) is 12.2. The van der Waals surface area contributed by atoms with E-state index in [1.165, 1.54) is 9.80 Å². The molecule has 9 rings (SSSR count). The third-order valence-corrected chi connectivity index (χ3v) is 10.0.